The number of amides is 1. The maximum absolute atomic E-state index is 13.5. The minimum absolute atomic E-state index is 0.0878. The number of imidazole rings is 1. The number of nitrogens with one attached hydrogen (secondary N) is 1. The number of carbonyl (C=O) groups excluding carboxylic acids is 1. The van der Waals surface area contributed by atoms with Crippen molar-refractivity contribution in [3.8, 4) is 5.95 Å². The molecule has 0 bridgehead atoms. The molecule has 2 aromatic heterocycles. The first kappa shape index (κ1) is 25.7. The lowest BCUT2D eigenvalue weighted by molar-refractivity contribution is 0.0131. The van der Waals surface area contributed by atoms with Gasteiger partial charge in [0.15, 0.2) is 0 Å². The number of halogens is 2. The summed E-state index contributed by atoms with van der Waals surface area (Å²) in [5, 5.41) is 4.64. The molecule has 0 spiro atoms. The van der Waals surface area contributed by atoms with Gasteiger partial charge in [0.05, 0.1) is 21.8 Å². The molecule has 3 heterocycles. The molecule has 4 rings (SSSR count). The van der Waals surface area contributed by atoms with Crippen molar-refractivity contribution in [1.29, 1.82) is 0 Å². The summed E-state index contributed by atoms with van der Waals surface area (Å²) in [4.78, 5) is 37.0. The number of aromatic nitrogens is 4. The predicted molar refractivity (Wildman–Crippen MR) is 139 cm³/mol. The number of hydrogen-bond acceptors (Lipinski definition) is 6. The zero-order valence-corrected chi connectivity index (χ0v) is 23.1. The Morgan fingerprint density at radius 1 is 1.31 bits per heavy atom. The standard InChI is InChI=1S/C24H30BrClN6O3/c1-14(2)31-10-7-27-20(31)32-18-12-16(25)17(26)11-15(18)19(29-21(32)33)24(6)13-30(9-8-28-24)22(34)35-23(3,4)5/h7,10-12,14,28H,8-9,13H2,1-6H3/t24-/m0/s1. The van der Waals surface area contributed by atoms with Gasteiger partial charge in [0.1, 0.15) is 5.60 Å². The second-order valence-corrected chi connectivity index (χ2v) is 11.5. The minimum Gasteiger partial charge on any atom is -0.444 e. The molecule has 1 atom stereocenters. The zero-order chi connectivity index (χ0) is 25.7. The summed E-state index contributed by atoms with van der Waals surface area (Å²) in [6.45, 7) is 12.8. The average molecular weight is 566 g/mol. The number of nitrogens with zero attached hydrogens (tertiary/aromatic N) is 5. The van der Waals surface area contributed by atoms with Crippen LogP contribution >= 0.6 is 27.5 Å². The van der Waals surface area contributed by atoms with Gasteiger partial charge in [-0.15, -0.1) is 0 Å². The van der Waals surface area contributed by atoms with E-state index in [4.69, 9.17) is 16.3 Å². The van der Waals surface area contributed by atoms with Gasteiger partial charge in [-0.1, -0.05) is 11.6 Å². The highest BCUT2D eigenvalue weighted by atomic mass is 79.9. The van der Waals surface area contributed by atoms with Crippen molar-refractivity contribution in [2.24, 2.45) is 0 Å². The lowest BCUT2D eigenvalue weighted by atomic mass is 9.91. The number of hydrogen-bond donors (Lipinski definition) is 1. The van der Waals surface area contributed by atoms with E-state index in [9.17, 15) is 9.59 Å². The van der Waals surface area contributed by atoms with Gasteiger partial charge in [-0.3, -0.25) is 0 Å². The number of rotatable bonds is 3. The molecule has 1 N–H and O–H groups in total. The number of fused-ring (bicyclic) bond motifs is 1. The summed E-state index contributed by atoms with van der Waals surface area (Å²) in [6, 6.07) is 3.69. The smallest absolute Gasteiger partial charge is 0.410 e. The second kappa shape index (κ2) is 9.22. The van der Waals surface area contributed by atoms with Gasteiger partial charge in [0.25, 0.3) is 0 Å². The van der Waals surface area contributed by atoms with Crippen LogP contribution in [0.4, 0.5) is 4.79 Å². The SMILES string of the molecule is CC(C)n1ccnc1-n1c(=O)nc([C@]2(C)CN(C(=O)OC(C)(C)C)CCN2)c2cc(Cl)c(Br)cc21. The quantitative estimate of drug-likeness (QED) is 0.498. The molecule has 35 heavy (non-hydrogen) atoms. The van der Waals surface area contributed by atoms with E-state index in [0.717, 1.165) is 0 Å². The third kappa shape index (κ3) is 4.96. The summed E-state index contributed by atoms with van der Waals surface area (Å²) in [7, 11) is 0. The summed E-state index contributed by atoms with van der Waals surface area (Å²) in [5.41, 5.74) is -0.758. The monoisotopic (exact) mass is 564 g/mol. The maximum atomic E-state index is 13.5. The highest BCUT2D eigenvalue weighted by molar-refractivity contribution is 9.10. The fourth-order valence-corrected chi connectivity index (χ4v) is 4.83. The Balaban J connectivity index is 1.89. The number of carbonyl (C=O) groups is 1. The van der Waals surface area contributed by atoms with Crippen molar-refractivity contribution in [3.63, 3.8) is 0 Å². The van der Waals surface area contributed by atoms with Crippen LogP contribution in [0, 0.1) is 0 Å². The van der Waals surface area contributed by atoms with E-state index in [1.807, 2.05) is 52.3 Å². The van der Waals surface area contributed by atoms with Crippen molar-refractivity contribution < 1.29 is 9.53 Å². The van der Waals surface area contributed by atoms with Crippen LogP contribution in [0.1, 0.15) is 53.3 Å². The lowest BCUT2D eigenvalue weighted by Gasteiger charge is -2.41. The van der Waals surface area contributed by atoms with Crippen molar-refractivity contribution >= 4 is 44.5 Å². The zero-order valence-electron chi connectivity index (χ0n) is 20.7. The molecule has 1 saturated heterocycles. The second-order valence-electron chi connectivity index (χ2n) is 10.3. The molecule has 0 aliphatic carbocycles. The van der Waals surface area contributed by atoms with E-state index >= 15 is 0 Å². The van der Waals surface area contributed by atoms with Crippen LogP contribution in [0.25, 0.3) is 16.9 Å². The van der Waals surface area contributed by atoms with Crippen LogP contribution in [-0.4, -0.2) is 55.3 Å². The van der Waals surface area contributed by atoms with Crippen LogP contribution in [0.2, 0.25) is 5.02 Å². The third-order valence-corrected chi connectivity index (χ3v) is 7.11. The Kier molecular flexibility index (Phi) is 6.76. The van der Waals surface area contributed by atoms with Gasteiger partial charge in [-0.25, -0.2) is 19.1 Å². The fourth-order valence-electron chi connectivity index (χ4n) is 4.34. The van der Waals surface area contributed by atoms with Crippen molar-refractivity contribution in [2.75, 3.05) is 19.6 Å². The maximum Gasteiger partial charge on any atom is 0.410 e. The van der Waals surface area contributed by atoms with Gasteiger partial charge < -0.3 is 19.5 Å². The van der Waals surface area contributed by atoms with Crippen molar-refractivity contribution in [1.82, 2.24) is 29.3 Å². The molecule has 0 radical (unpaired) electrons. The lowest BCUT2D eigenvalue weighted by Crippen LogP contribution is -2.59. The highest BCUT2D eigenvalue weighted by Crippen LogP contribution is 2.34. The molecule has 1 aliphatic rings. The number of benzene rings is 1. The van der Waals surface area contributed by atoms with Gasteiger partial charge in [0.2, 0.25) is 5.95 Å². The van der Waals surface area contributed by atoms with Crippen molar-refractivity contribution in [3.05, 3.63) is 50.2 Å². The molecule has 1 fully saturated rings. The molecule has 1 aliphatic heterocycles. The summed E-state index contributed by atoms with van der Waals surface area (Å²) < 4.78 is 9.65. The van der Waals surface area contributed by atoms with Crippen LogP contribution in [0.5, 0.6) is 0 Å². The molecular formula is C24H30BrClN6O3. The topological polar surface area (TPSA) is 94.3 Å². The Bertz CT molecular complexity index is 1350. The fraction of sp³-hybridized carbons (Fsp3) is 0.500. The molecule has 11 heteroatoms. The molecule has 188 valence electrons. The molecule has 0 unspecified atom stereocenters. The Morgan fingerprint density at radius 3 is 2.69 bits per heavy atom. The van der Waals surface area contributed by atoms with Gasteiger partial charge in [0, 0.05) is 47.9 Å². The van der Waals surface area contributed by atoms with E-state index in [0.29, 0.717) is 45.1 Å². The molecule has 9 nitrogen and oxygen atoms in total. The first-order valence-electron chi connectivity index (χ1n) is 11.5. The van der Waals surface area contributed by atoms with Crippen LogP contribution in [-0.2, 0) is 10.3 Å². The molecule has 0 saturated carbocycles. The number of ether oxygens (including phenoxy) is 1. The Hall–Kier alpha value is -2.43. The predicted octanol–water partition coefficient (Wildman–Crippen LogP) is 4.63. The van der Waals surface area contributed by atoms with Crippen LogP contribution in [0.15, 0.2) is 33.8 Å². The molecular weight excluding hydrogens is 536 g/mol. The Morgan fingerprint density at radius 2 is 2.03 bits per heavy atom. The summed E-state index contributed by atoms with van der Waals surface area (Å²) in [6.07, 6.45) is 3.09. The summed E-state index contributed by atoms with van der Waals surface area (Å²) >= 11 is 10.0. The first-order chi connectivity index (χ1) is 16.3. The van der Waals surface area contributed by atoms with Crippen LogP contribution < -0.4 is 11.0 Å². The first-order valence-corrected chi connectivity index (χ1v) is 12.7. The van der Waals surface area contributed by atoms with E-state index < -0.39 is 22.9 Å². The van der Waals surface area contributed by atoms with Crippen LogP contribution in [0.3, 0.4) is 0 Å². The normalized spacial score (nSPS) is 18.9. The largest absolute Gasteiger partial charge is 0.444 e. The van der Waals surface area contributed by atoms with Gasteiger partial charge in [-0.2, -0.15) is 4.98 Å². The van der Waals surface area contributed by atoms with E-state index in [-0.39, 0.29) is 12.6 Å². The Labute approximate surface area is 217 Å². The van der Waals surface area contributed by atoms with E-state index in [1.165, 1.54) is 4.57 Å². The average Bonchev–Trinajstić information content (AvgIpc) is 3.23. The highest BCUT2D eigenvalue weighted by Gasteiger charge is 2.39. The van der Waals surface area contributed by atoms with E-state index in [1.54, 1.807) is 23.2 Å². The summed E-state index contributed by atoms with van der Waals surface area (Å²) in [5.74, 6) is 0.473. The van der Waals surface area contributed by atoms with Gasteiger partial charge >= 0.3 is 11.8 Å². The third-order valence-electron chi connectivity index (χ3n) is 5.92. The molecule has 3 aromatic rings. The molecule has 1 aromatic carbocycles. The van der Waals surface area contributed by atoms with Gasteiger partial charge in [-0.05, 0) is 69.6 Å². The number of piperazine rings is 1. The minimum atomic E-state index is -0.809. The molecule has 1 amide bonds. The van der Waals surface area contributed by atoms with E-state index in [2.05, 4.69) is 31.2 Å². The van der Waals surface area contributed by atoms with Crippen molar-refractivity contribution in [2.45, 2.75) is 58.7 Å².